The van der Waals surface area contributed by atoms with Crippen LogP contribution in [0.4, 0.5) is 16.2 Å². The molecule has 9 nitrogen and oxygen atoms in total. The van der Waals surface area contributed by atoms with Gasteiger partial charge in [0.2, 0.25) is 0 Å². The lowest BCUT2D eigenvalue weighted by Crippen LogP contribution is -2.53. The summed E-state index contributed by atoms with van der Waals surface area (Å²) in [6.07, 6.45) is 1.82. The van der Waals surface area contributed by atoms with Crippen LogP contribution < -0.4 is 9.80 Å². The van der Waals surface area contributed by atoms with Crippen molar-refractivity contribution in [2.45, 2.75) is 53.2 Å². The summed E-state index contributed by atoms with van der Waals surface area (Å²) < 4.78 is 11.0. The molecule has 32 heavy (non-hydrogen) atoms. The number of anilines is 2. The molecule has 4 rings (SSSR count). The van der Waals surface area contributed by atoms with Crippen LogP contribution in [-0.2, 0) is 14.3 Å². The number of esters is 1. The topological polar surface area (TPSA) is 87.6 Å². The molecule has 0 saturated carbocycles. The van der Waals surface area contributed by atoms with E-state index in [-0.39, 0.29) is 24.0 Å². The van der Waals surface area contributed by atoms with Gasteiger partial charge in [0, 0.05) is 13.1 Å². The van der Waals surface area contributed by atoms with Crippen molar-refractivity contribution in [3.63, 3.8) is 0 Å². The lowest BCUT2D eigenvalue weighted by Gasteiger charge is -2.36. The number of aliphatic imine (C=N–C) groups is 1. The summed E-state index contributed by atoms with van der Waals surface area (Å²) in [6, 6.07) is 1.62. The van der Waals surface area contributed by atoms with Crippen LogP contribution in [0.15, 0.2) is 17.3 Å². The first-order valence-corrected chi connectivity index (χ1v) is 11.2. The first-order chi connectivity index (χ1) is 14.9. The number of fused-ring (bicyclic) bond motifs is 3. The maximum absolute atomic E-state index is 13.5. The summed E-state index contributed by atoms with van der Waals surface area (Å²) >= 11 is 0. The normalized spacial score (nSPS) is 21.3. The van der Waals surface area contributed by atoms with Gasteiger partial charge in [0.1, 0.15) is 17.8 Å². The third-order valence-electron chi connectivity index (χ3n) is 5.79. The molecule has 1 aromatic rings. The molecule has 1 atom stereocenters. The molecule has 174 valence electrons. The van der Waals surface area contributed by atoms with Gasteiger partial charge in [-0.25, -0.2) is 9.78 Å². The maximum Gasteiger partial charge on any atom is 0.330 e. The molecule has 0 aromatic carbocycles. The fraction of sp³-hybridized carbons (Fsp3) is 0.652. The van der Waals surface area contributed by atoms with Gasteiger partial charge in [-0.05, 0) is 32.3 Å². The first-order valence-electron chi connectivity index (χ1n) is 11.2. The van der Waals surface area contributed by atoms with Crippen molar-refractivity contribution in [1.29, 1.82) is 0 Å². The SMILES string of the molecule is CC(C)(C)OC(=O)CN1C(=O)N2CC(C(C)(C)C)N=C2c2ncc(N3CCOCC3)cc21. The summed E-state index contributed by atoms with van der Waals surface area (Å²) in [6.45, 7) is 14.8. The molecule has 1 aromatic heterocycles. The lowest BCUT2D eigenvalue weighted by atomic mass is 9.87. The van der Waals surface area contributed by atoms with Crippen LogP contribution >= 0.6 is 0 Å². The third-order valence-corrected chi connectivity index (χ3v) is 5.79. The van der Waals surface area contributed by atoms with E-state index >= 15 is 0 Å². The van der Waals surface area contributed by atoms with Gasteiger partial charge in [-0.1, -0.05) is 20.8 Å². The number of nitrogens with zero attached hydrogens (tertiary/aromatic N) is 5. The molecule has 0 bridgehead atoms. The molecule has 1 unspecified atom stereocenters. The molecular weight excluding hydrogens is 410 g/mol. The summed E-state index contributed by atoms with van der Waals surface area (Å²) in [7, 11) is 0. The highest BCUT2D eigenvalue weighted by atomic mass is 16.6. The van der Waals surface area contributed by atoms with E-state index in [1.807, 2.05) is 33.0 Å². The van der Waals surface area contributed by atoms with Crippen LogP contribution in [0.5, 0.6) is 0 Å². The number of carbonyl (C=O) groups is 2. The highest BCUT2D eigenvalue weighted by molar-refractivity contribution is 6.20. The van der Waals surface area contributed by atoms with E-state index in [0.29, 0.717) is 37.0 Å². The van der Waals surface area contributed by atoms with Gasteiger partial charge < -0.3 is 14.4 Å². The average Bonchev–Trinajstić information content (AvgIpc) is 3.16. The van der Waals surface area contributed by atoms with Gasteiger partial charge in [-0.3, -0.25) is 19.6 Å². The molecule has 0 radical (unpaired) electrons. The van der Waals surface area contributed by atoms with Crippen LogP contribution in [0.25, 0.3) is 0 Å². The number of amides is 2. The number of hydrogen-bond donors (Lipinski definition) is 0. The lowest BCUT2D eigenvalue weighted by molar-refractivity contribution is -0.152. The summed E-state index contributed by atoms with van der Waals surface area (Å²) in [5, 5.41) is 0. The molecule has 0 aliphatic carbocycles. The molecule has 4 heterocycles. The molecule has 1 saturated heterocycles. The largest absolute Gasteiger partial charge is 0.459 e. The minimum Gasteiger partial charge on any atom is -0.459 e. The molecule has 0 spiro atoms. The van der Waals surface area contributed by atoms with Gasteiger partial charge >= 0.3 is 12.0 Å². The zero-order valence-corrected chi connectivity index (χ0v) is 19.8. The Balaban J connectivity index is 1.73. The van der Waals surface area contributed by atoms with Crippen molar-refractivity contribution in [2.75, 3.05) is 49.2 Å². The fourth-order valence-electron chi connectivity index (χ4n) is 4.06. The molecule has 2 amide bonds. The van der Waals surface area contributed by atoms with E-state index in [0.717, 1.165) is 18.8 Å². The minimum absolute atomic E-state index is 0.0449. The van der Waals surface area contributed by atoms with Gasteiger partial charge in [0.05, 0.1) is 43.4 Å². The van der Waals surface area contributed by atoms with Gasteiger partial charge in [0.15, 0.2) is 5.84 Å². The van der Waals surface area contributed by atoms with Gasteiger partial charge in [0.25, 0.3) is 0 Å². The molecule has 3 aliphatic rings. The maximum atomic E-state index is 13.5. The second kappa shape index (κ2) is 8.03. The Morgan fingerprint density at radius 3 is 2.50 bits per heavy atom. The number of pyridine rings is 1. The highest BCUT2D eigenvalue weighted by Gasteiger charge is 2.45. The molecule has 3 aliphatic heterocycles. The molecule has 0 N–H and O–H groups in total. The third kappa shape index (κ3) is 4.44. The number of amidine groups is 1. The average molecular weight is 444 g/mol. The number of morpholine rings is 1. The predicted octanol–water partition coefficient (Wildman–Crippen LogP) is 2.68. The summed E-state index contributed by atoms with van der Waals surface area (Å²) in [4.78, 5) is 41.1. The van der Waals surface area contributed by atoms with Crippen LogP contribution in [0.3, 0.4) is 0 Å². The number of ether oxygens (including phenoxy) is 2. The predicted molar refractivity (Wildman–Crippen MR) is 122 cm³/mol. The Hall–Kier alpha value is -2.68. The second-order valence-electron chi connectivity index (χ2n) is 10.6. The molecule has 9 heteroatoms. The Labute approximate surface area is 189 Å². The smallest absolute Gasteiger partial charge is 0.330 e. The van der Waals surface area contributed by atoms with Gasteiger partial charge in [-0.2, -0.15) is 0 Å². The Morgan fingerprint density at radius 2 is 1.88 bits per heavy atom. The van der Waals surface area contributed by atoms with Crippen molar-refractivity contribution < 1.29 is 19.1 Å². The van der Waals surface area contributed by atoms with Gasteiger partial charge in [-0.15, -0.1) is 0 Å². The number of carbonyl (C=O) groups excluding carboxylic acids is 2. The van der Waals surface area contributed by atoms with Crippen molar-refractivity contribution >= 4 is 29.2 Å². The molecular formula is C23H33N5O4. The van der Waals surface area contributed by atoms with E-state index in [2.05, 4.69) is 25.7 Å². The summed E-state index contributed by atoms with van der Waals surface area (Å²) in [5.41, 5.74) is 1.37. The Kier molecular flexibility index (Phi) is 5.65. The van der Waals surface area contributed by atoms with Crippen molar-refractivity contribution in [3.8, 4) is 0 Å². The highest BCUT2D eigenvalue weighted by Crippen LogP contribution is 2.37. The van der Waals surface area contributed by atoms with Crippen LogP contribution in [0.2, 0.25) is 0 Å². The summed E-state index contributed by atoms with van der Waals surface area (Å²) in [5.74, 6) is 0.124. The monoisotopic (exact) mass is 443 g/mol. The Bertz CT molecular complexity index is 941. The minimum atomic E-state index is -0.635. The molecule has 1 fully saturated rings. The Morgan fingerprint density at radius 1 is 1.19 bits per heavy atom. The quantitative estimate of drug-likeness (QED) is 0.668. The van der Waals surface area contributed by atoms with Crippen LogP contribution in [0, 0.1) is 5.41 Å². The van der Waals surface area contributed by atoms with E-state index in [1.54, 1.807) is 4.90 Å². The van der Waals surface area contributed by atoms with E-state index in [9.17, 15) is 9.59 Å². The van der Waals surface area contributed by atoms with Crippen molar-refractivity contribution in [3.05, 3.63) is 18.0 Å². The second-order valence-corrected chi connectivity index (χ2v) is 10.6. The standard InChI is InChI=1S/C23H33N5O4/c1-22(2,3)17-13-28-20(25-17)19-16(11-15(12-24-19)26-7-9-31-10-8-26)27(21(28)30)14-18(29)32-23(4,5)6/h11-12,17H,7-10,13-14H2,1-6H3. The van der Waals surface area contributed by atoms with Crippen LogP contribution in [-0.4, -0.2) is 78.8 Å². The number of rotatable bonds is 3. The van der Waals surface area contributed by atoms with E-state index < -0.39 is 11.6 Å². The van der Waals surface area contributed by atoms with E-state index in [1.165, 1.54) is 4.90 Å². The van der Waals surface area contributed by atoms with Crippen molar-refractivity contribution in [2.24, 2.45) is 10.4 Å². The number of urea groups is 1. The fourth-order valence-corrected chi connectivity index (χ4v) is 4.06. The van der Waals surface area contributed by atoms with E-state index in [4.69, 9.17) is 19.5 Å². The van der Waals surface area contributed by atoms with Crippen molar-refractivity contribution in [1.82, 2.24) is 9.88 Å². The first kappa shape index (κ1) is 22.5. The zero-order valence-electron chi connectivity index (χ0n) is 19.8. The zero-order chi connectivity index (χ0) is 23.3. The van der Waals surface area contributed by atoms with Crippen LogP contribution in [0.1, 0.15) is 47.2 Å². The number of aromatic nitrogens is 1. The number of hydrogen-bond acceptors (Lipinski definition) is 7.